The van der Waals surface area contributed by atoms with E-state index in [4.69, 9.17) is 9.47 Å². The van der Waals surface area contributed by atoms with E-state index in [-0.39, 0.29) is 0 Å². The second kappa shape index (κ2) is 8.68. The highest BCUT2D eigenvalue weighted by Gasteiger charge is 2.26. The molecule has 0 radical (unpaired) electrons. The Hall–Kier alpha value is -2.17. The summed E-state index contributed by atoms with van der Waals surface area (Å²) in [7, 11) is -4.19. The maximum atomic E-state index is 13.8. The zero-order valence-corrected chi connectivity index (χ0v) is 18.1. The van der Waals surface area contributed by atoms with Crippen LogP contribution in [0.15, 0.2) is 45.8 Å². The van der Waals surface area contributed by atoms with Crippen molar-refractivity contribution in [1.82, 2.24) is 10.0 Å². The van der Waals surface area contributed by atoms with E-state index >= 15 is 0 Å². The number of ether oxygens (including phenoxy) is 2. The Balaban J connectivity index is 1.70. The van der Waals surface area contributed by atoms with Crippen molar-refractivity contribution in [2.24, 2.45) is 0 Å². The van der Waals surface area contributed by atoms with E-state index in [0.717, 1.165) is 17.7 Å². The minimum atomic E-state index is -4.19. The molecule has 1 aliphatic heterocycles. The summed E-state index contributed by atoms with van der Waals surface area (Å²) >= 11 is 3.45. The molecule has 156 valence electrons. The van der Waals surface area contributed by atoms with Crippen molar-refractivity contribution >= 4 is 31.9 Å². The molecule has 2 aromatic carbocycles. The lowest BCUT2D eigenvalue weighted by molar-refractivity contribution is -0.123. The fourth-order valence-corrected chi connectivity index (χ4v) is 4.79. The summed E-state index contributed by atoms with van der Waals surface area (Å²) < 4.78 is 52.5. The lowest BCUT2D eigenvalue weighted by Crippen LogP contribution is -2.45. The number of carbonyl (C=O) groups is 1. The first kappa shape index (κ1) is 21.5. The van der Waals surface area contributed by atoms with Crippen LogP contribution in [-0.4, -0.2) is 33.6 Å². The predicted molar refractivity (Wildman–Crippen MR) is 108 cm³/mol. The fourth-order valence-electron chi connectivity index (χ4n) is 2.84. The van der Waals surface area contributed by atoms with Gasteiger partial charge in [-0.3, -0.25) is 4.79 Å². The molecule has 3 rings (SSSR count). The molecule has 1 heterocycles. The fraction of sp³-hybridized carbons (Fsp3) is 0.316. The Bertz CT molecular complexity index is 1030. The third kappa shape index (κ3) is 4.88. The predicted octanol–water partition coefficient (Wildman–Crippen LogP) is 2.90. The van der Waals surface area contributed by atoms with Gasteiger partial charge in [-0.05, 0) is 43.7 Å². The second-order valence-electron chi connectivity index (χ2n) is 6.52. The Morgan fingerprint density at radius 2 is 1.76 bits per heavy atom. The van der Waals surface area contributed by atoms with Crippen LogP contribution < -0.4 is 19.5 Å². The molecule has 10 heteroatoms. The molecular weight excluding hydrogens is 467 g/mol. The van der Waals surface area contributed by atoms with Gasteiger partial charge in [-0.1, -0.05) is 28.1 Å². The third-order valence-corrected chi connectivity index (χ3v) is 6.60. The highest BCUT2D eigenvalue weighted by Crippen LogP contribution is 2.37. The largest absolute Gasteiger partial charge is 0.486 e. The zero-order chi connectivity index (χ0) is 21.2. The molecule has 1 aliphatic rings. The first-order chi connectivity index (χ1) is 13.7. The quantitative estimate of drug-likeness (QED) is 0.654. The van der Waals surface area contributed by atoms with Crippen LogP contribution >= 0.6 is 15.9 Å². The Labute approximate surface area is 176 Å². The average molecular weight is 487 g/mol. The van der Waals surface area contributed by atoms with Crippen molar-refractivity contribution < 1.29 is 27.1 Å². The number of benzene rings is 2. The van der Waals surface area contributed by atoms with E-state index < -0.39 is 38.7 Å². The molecule has 0 saturated heterocycles. The molecule has 0 bridgehead atoms. The van der Waals surface area contributed by atoms with Gasteiger partial charge >= 0.3 is 0 Å². The molecule has 0 spiro atoms. The van der Waals surface area contributed by atoms with Gasteiger partial charge in [-0.15, -0.1) is 0 Å². The highest BCUT2D eigenvalue weighted by molar-refractivity contribution is 9.10. The van der Waals surface area contributed by atoms with Gasteiger partial charge in [0.1, 0.15) is 23.9 Å². The number of hydrogen-bond acceptors (Lipinski definition) is 5. The van der Waals surface area contributed by atoms with Gasteiger partial charge in [0.2, 0.25) is 15.9 Å². The molecule has 0 aromatic heterocycles. The maximum absolute atomic E-state index is 13.8. The van der Waals surface area contributed by atoms with Crippen LogP contribution in [0.2, 0.25) is 0 Å². The number of rotatable bonds is 6. The summed E-state index contributed by atoms with van der Waals surface area (Å²) in [4.78, 5) is 12.0. The monoisotopic (exact) mass is 486 g/mol. The number of fused-ring (bicyclic) bond motifs is 1. The zero-order valence-electron chi connectivity index (χ0n) is 15.7. The molecule has 0 aliphatic carbocycles. The molecule has 1 amide bonds. The van der Waals surface area contributed by atoms with Crippen LogP contribution in [0.3, 0.4) is 0 Å². The normalized spacial score (nSPS) is 15.4. The first-order valence-electron chi connectivity index (χ1n) is 8.85. The minimum absolute atomic E-state index is 0.434. The number of sulfonamides is 1. The third-order valence-electron chi connectivity index (χ3n) is 4.34. The van der Waals surface area contributed by atoms with E-state index in [2.05, 4.69) is 26.0 Å². The summed E-state index contributed by atoms with van der Waals surface area (Å²) in [5, 5.41) is 2.75. The summed E-state index contributed by atoms with van der Waals surface area (Å²) in [6, 6.07) is 6.93. The van der Waals surface area contributed by atoms with E-state index in [1.807, 2.05) is 0 Å². The molecule has 0 fully saturated rings. The van der Waals surface area contributed by atoms with E-state index in [9.17, 15) is 17.6 Å². The van der Waals surface area contributed by atoms with E-state index in [0.29, 0.717) is 29.2 Å². The van der Waals surface area contributed by atoms with Crippen LogP contribution in [0.4, 0.5) is 4.39 Å². The highest BCUT2D eigenvalue weighted by atomic mass is 79.9. The molecular formula is C19H20BrFN2O5S. The molecule has 2 atom stereocenters. The summed E-state index contributed by atoms with van der Waals surface area (Å²) in [5.41, 5.74) is 0.742. The van der Waals surface area contributed by atoms with Crippen LogP contribution in [0, 0.1) is 5.82 Å². The van der Waals surface area contributed by atoms with Gasteiger partial charge in [-0.2, -0.15) is 4.72 Å². The van der Waals surface area contributed by atoms with Crippen molar-refractivity contribution in [2.45, 2.75) is 30.8 Å². The van der Waals surface area contributed by atoms with Crippen LogP contribution in [0.5, 0.6) is 11.5 Å². The van der Waals surface area contributed by atoms with Gasteiger partial charge in [0.05, 0.1) is 12.1 Å². The van der Waals surface area contributed by atoms with Crippen LogP contribution in [0.25, 0.3) is 0 Å². The van der Waals surface area contributed by atoms with Gasteiger partial charge < -0.3 is 14.8 Å². The number of carbonyl (C=O) groups excluding carboxylic acids is 1. The first-order valence-corrected chi connectivity index (χ1v) is 11.1. The SMILES string of the molecule is CC(NC(=O)[C@H](C)NS(=O)(=O)c1ccccc1F)c1cc2c(cc1Br)OCCO2. The van der Waals surface area contributed by atoms with Crippen molar-refractivity contribution in [3.05, 3.63) is 52.3 Å². The van der Waals surface area contributed by atoms with Crippen molar-refractivity contribution in [3.8, 4) is 11.5 Å². The lowest BCUT2D eigenvalue weighted by atomic mass is 10.1. The van der Waals surface area contributed by atoms with Gasteiger partial charge in [0.15, 0.2) is 11.5 Å². The van der Waals surface area contributed by atoms with Crippen LogP contribution in [-0.2, 0) is 14.8 Å². The Morgan fingerprint density at radius 1 is 1.14 bits per heavy atom. The number of hydrogen-bond donors (Lipinski definition) is 2. The second-order valence-corrected chi connectivity index (χ2v) is 9.06. The number of halogens is 2. The molecule has 2 aromatic rings. The van der Waals surface area contributed by atoms with Gasteiger partial charge in [-0.25, -0.2) is 12.8 Å². The summed E-state index contributed by atoms with van der Waals surface area (Å²) in [6.45, 7) is 4.04. The summed E-state index contributed by atoms with van der Waals surface area (Å²) in [6.07, 6.45) is 0. The van der Waals surface area contributed by atoms with Gasteiger partial charge in [0.25, 0.3) is 0 Å². The molecule has 7 nitrogen and oxygen atoms in total. The van der Waals surface area contributed by atoms with Crippen molar-refractivity contribution in [2.75, 3.05) is 13.2 Å². The topological polar surface area (TPSA) is 93.7 Å². The van der Waals surface area contributed by atoms with Crippen molar-refractivity contribution in [1.29, 1.82) is 0 Å². The summed E-state index contributed by atoms with van der Waals surface area (Å²) in [5.74, 6) is -0.263. The Morgan fingerprint density at radius 3 is 2.41 bits per heavy atom. The van der Waals surface area contributed by atoms with Crippen LogP contribution in [0.1, 0.15) is 25.5 Å². The number of amides is 1. The minimum Gasteiger partial charge on any atom is -0.486 e. The van der Waals surface area contributed by atoms with Gasteiger partial charge in [0, 0.05) is 4.47 Å². The molecule has 1 unspecified atom stereocenters. The average Bonchev–Trinajstić information content (AvgIpc) is 2.67. The molecule has 0 saturated carbocycles. The lowest BCUT2D eigenvalue weighted by Gasteiger charge is -2.23. The maximum Gasteiger partial charge on any atom is 0.244 e. The smallest absolute Gasteiger partial charge is 0.244 e. The Kier molecular flexibility index (Phi) is 6.45. The number of nitrogens with one attached hydrogen (secondary N) is 2. The van der Waals surface area contributed by atoms with Crippen molar-refractivity contribution in [3.63, 3.8) is 0 Å². The standard InChI is InChI=1S/C19H20BrFN2O5S/c1-11(13-9-16-17(10-14(13)20)28-8-7-27-16)22-19(24)12(2)23-29(25,26)18-6-4-3-5-15(18)21/h3-6,9-12,23H,7-8H2,1-2H3,(H,22,24)/t11?,12-/m0/s1. The van der Waals surface area contributed by atoms with E-state index in [1.165, 1.54) is 19.1 Å². The molecule has 2 N–H and O–H groups in total. The molecule has 29 heavy (non-hydrogen) atoms. The van der Waals surface area contributed by atoms with E-state index in [1.54, 1.807) is 19.1 Å².